The molecule has 7 heteroatoms. The minimum Gasteiger partial charge on any atom is -0.373 e. The van der Waals surface area contributed by atoms with Gasteiger partial charge in [-0.25, -0.2) is 4.79 Å². The van der Waals surface area contributed by atoms with Gasteiger partial charge in [0.05, 0.1) is 6.10 Å². The molecular weight excluding hydrogens is 308 g/mol. The molecule has 0 saturated carbocycles. The van der Waals surface area contributed by atoms with Crippen LogP contribution in [0, 0.1) is 6.92 Å². The van der Waals surface area contributed by atoms with Crippen LogP contribution in [-0.2, 0) is 11.2 Å². The number of nitrogens with one attached hydrogen (secondary N) is 2. The van der Waals surface area contributed by atoms with Crippen LogP contribution in [0.4, 0.5) is 4.79 Å². The third kappa shape index (κ3) is 4.55. The second kappa shape index (κ2) is 7.92. The first-order valence-corrected chi connectivity index (χ1v) is 8.21. The highest BCUT2D eigenvalue weighted by molar-refractivity contribution is 5.74. The predicted molar refractivity (Wildman–Crippen MR) is 87.4 cm³/mol. The summed E-state index contributed by atoms with van der Waals surface area (Å²) in [5, 5.41) is 9.55. The van der Waals surface area contributed by atoms with Crippen LogP contribution >= 0.6 is 0 Å². The molecule has 0 aliphatic carbocycles. The van der Waals surface area contributed by atoms with E-state index in [1.54, 1.807) is 6.92 Å². The molecule has 1 saturated heterocycles. The van der Waals surface area contributed by atoms with Crippen LogP contribution in [0.2, 0.25) is 0 Å². The maximum atomic E-state index is 12.0. The summed E-state index contributed by atoms with van der Waals surface area (Å²) in [6, 6.07) is 10.0. The minimum atomic E-state index is -0.176. The van der Waals surface area contributed by atoms with Crippen molar-refractivity contribution in [1.82, 2.24) is 20.8 Å². The predicted octanol–water partition coefficient (Wildman–Crippen LogP) is 2.14. The van der Waals surface area contributed by atoms with Crippen LogP contribution in [0.3, 0.4) is 0 Å². The molecule has 0 unspecified atom stereocenters. The highest BCUT2D eigenvalue weighted by Crippen LogP contribution is 2.27. The van der Waals surface area contributed by atoms with E-state index in [1.807, 2.05) is 18.2 Å². The molecule has 2 atom stereocenters. The Bertz CT molecular complexity index is 659. The lowest BCUT2D eigenvalue weighted by atomic mass is 9.97. The van der Waals surface area contributed by atoms with Gasteiger partial charge < -0.3 is 19.9 Å². The summed E-state index contributed by atoms with van der Waals surface area (Å²) < 4.78 is 10.8. The van der Waals surface area contributed by atoms with Crippen molar-refractivity contribution >= 4 is 6.03 Å². The SMILES string of the molecule is Cc1noc(CCNC(=O)N[C@@H]2CCO[C@@H](c3ccccc3)C2)n1. The van der Waals surface area contributed by atoms with Crippen LogP contribution in [0.25, 0.3) is 0 Å². The molecule has 0 bridgehead atoms. The van der Waals surface area contributed by atoms with Gasteiger partial charge in [0, 0.05) is 25.6 Å². The number of urea groups is 1. The van der Waals surface area contributed by atoms with E-state index in [0.29, 0.717) is 31.3 Å². The maximum Gasteiger partial charge on any atom is 0.315 e. The highest BCUT2D eigenvalue weighted by Gasteiger charge is 2.24. The average Bonchev–Trinajstić information content (AvgIpc) is 3.01. The number of aryl methyl sites for hydroxylation is 1. The number of aromatic nitrogens is 2. The quantitative estimate of drug-likeness (QED) is 0.877. The van der Waals surface area contributed by atoms with Crippen LogP contribution < -0.4 is 10.6 Å². The monoisotopic (exact) mass is 330 g/mol. The number of hydrogen-bond acceptors (Lipinski definition) is 5. The zero-order chi connectivity index (χ0) is 16.8. The number of hydrogen-bond donors (Lipinski definition) is 2. The van der Waals surface area contributed by atoms with E-state index >= 15 is 0 Å². The topological polar surface area (TPSA) is 89.3 Å². The normalized spacial score (nSPS) is 20.5. The largest absolute Gasteiger partial charge is 0.373 e. The number of carbonyl (C=O) groups excluding carboxylic acids is 1. The molecule has 2 amide bonds. The van der Waals surface area contributed by atoms with E-state index in [1.165, 1.54) is 0 Å². The third-order valence-electron chi connectivity index (χ3n) is 3.98. The number of benzene rings is 1. The van der Waals surface area contributed by atoms with E-state index < -0.39 is 0 Å². The first-order valence-electron chi connectivity index (χ1n) is 8.21. The van der Waals surface area contributed by atoms with Crippen molar-refractivity contribution < 1.29 is 14.1 Å². The fourth-order valence-corrected chi connectivity index (χ4v) is 2.79. The van der Waals surface area contributed by atoms with Gasteiger partial charge >= 0.3 is 6.03 Å². The Hall–Kier alpha value is -2.41. The van der Waals surface area contributed by atoms with Crippen LogP contribution in [0.15, 0.2) is 34.9 Å². The van der Waals surface area contributed by atoms with Crippen molar-refractivity contribution in [1.29, 1.82) is 0 Å². The first-order chi connectivity index (χ1) is 11.7. The minimum absolute atomic E-state index is 0.0339. The lowest BCUT2D eigenvalue weighted by Gasteiger charge is -2.30. The van der Waals surface area contributed by atoms with Gasteiger partial charge in [-0.15, -0.1) is 0 Å². The molecule has 2 N–H and O–H groups in total. The first kappa shape index (κ1) is 16.4. The molecule has 3 rings (SSSR count). The number of nitrogens with zero attached hydrogens (tertiary/aromatic N) is 2. The number of ether oxygens (including phenoxy) is 1. The van der Waals surface area contributed by atoms with Gasteiger partial charge in [0.2, 0.25) is 5.89 Å². The van der Waals surface area contributed by atoms with Gasteiger partial charge in [-0.2, -0.15) is 4.98 Å². The molecule has 0 radical (unpaired) electrons. The summed E-state index contributed by atoms with van der Waals surface area (Å²) in [7, 11) is 0. The molecular formula is C17H22N4O3. The van der Waals surface area contributed by atoms with Gasteiger partial charge in [-0.1, -0.05) is 35.5 Å². The van der Waals surface area contributed by atoms with Crippen LogP contribution in [0.1, 0.15) is 36.2 Å². The molecule has 128 valence electrons. The van der Waals surface area contributed by atoms with Gasteiger partial charge in [-0.05, 0) is 25.3 Å². The number of carbonyl (C=O) groups is 1. The lowest BCUT2D eigenvalue weighted by molar-refractivity contribution is 0.00227. The molecule has 0 spiro atoms. The Morgan fingerprint density at radius 3 is 2.92 bits per heavy atom. The lowest BCUT2D eigenvalue weighted by Crippen LogP contribution is -2.45. The fourth-order valence-electron chi connectivity index (χ4n) is 2.79. The van der Waals surface area contributed by atoms with Crippen molar-refractivity contribution in [2.75, 3.05) is 13.2 Å². The summed E-state index contributed by atoms with van der Waals surface area (Å²) in [6.07, 6.45) is 2.15. The van der Waals surface area contributed by atoms with Crippen LogP contribution in [-0.4, -0.2) is 35.4 Å². The Balaban J connectivity index is 1.42. The fraction of sp³-hybridized carbons (Fsp3) is 0.471. The molecule has 2 aromatic rings. The van der Waals surface area contributed by atoms with E-state index in [0.717, 1.165) is 18.4 Å². The average molecular weight is 330 g/mol. The van der Waals surface area contributed by atoms with Crippen molar-refractivity contribution in [2.24, 2.45) is 0 Å². The second-order valence-corrected chi connectivity index (χ2v) is 5.88. The summed E-state index contributed by atoms with van der Waals surface area (Å²) in [6.45, 7) is 2.87. The van der Waals surface area contributed by atoms with Gasteiger partial charge in [0.25, 0.3) is 0 Å². The van der Waals surface area contributed by atoms with Crippen molar-refractivity contribution in [3.8, 4) is 0 Å². The van der Waals surface area contributed by atoms with E-state index in [4.69, 9.17) is 9.26 Å². The standard InChI is InChI=1S/C17H22N4O3/c1-12-19-16(24-21-12)7-9-18-17(22)20-14-8-10-23-15(11-14)13-5-3-2-4-6-13/h2-6,14-15H,7-11H2,1H3,(H2,18,20,22)/t14-,15-/m1/s1. The number of amides is 2. The van der Waals surface area contributed by atoms with Gasteiger partial charge in [0.15, 0.2) is 5.82 Å². The molecule has 2 heterocycles. The van der Waals surface area contributed by atoms with Crippen molar-refractivity contribution in [3.05, 3.63) is 47.6 Å². The molecule has 1 aliphatic heterocycles. The Kier molecular flexibility index (Phi) is 5.43. The summed E-state index contributed by atoms with van der Waals surface area (Å²) >= 11 is 0. The second-order valence-electron chi connectivity index (χ2n) is 5.88. The molecule has 1 aliphatic rings. The van der Waals surface area contributed by atoms with Crippen molar-refractivity contribution in [3.63, 3.8) is 0 Å². The Morgan fingerprint density at radius 1 is 1.33 bits per heavy atom. The zero-order valence-electron chi connectivity index (χ0n) is 13.7. The molecule has 1 aromatic heterocycles. The molecule has 7 nitrogen and oxygen atoms in total. The van der Waals surface area contributed by atoms with E-state index in [9.17, 15) is 4.79 Å². The molecule has 1 fully saturated rings. The highest BCUT2D eigenvalue weighted by atomic mass is 16.5. The van der Waals surface area contributed by atoms with Crippen molar-refractivity contribution in [2.45, 2.75) is 38.3 Å². The molecule has 24 heavy (non-hydrogen) atoms. The van der Waals surface area contributed by atoms with E-state index in [2.05, 4.69) is 32.9 Å². The third-order valence-corrected chi connectivity index (χ3v) is 3.98. The molecule has 1 aromatic carbocycles. The van der Waals surface area contributed by atoms with Gasteiger partial charge in [0.1, 0.15) is 0 Å². The smallest absolute Gasteiger partial charge is 0.315 e. The summed E-state index contributed by atoms with van der Waals surface area (Å²) in [4.78, 5) is 16.1. The summed E-state index contributed by atoms with van der Waals surface area (Å²) in [5.74, 6) is 1.13. The maximum absolute atomic E-state index is 12.0. The van der Waals surface area contributed by atoms with Gasteiger partial charge in [-0.3, -0.25) is 0 Å². The zero-order valence-corrected chi connectivity index (χ0v) is 13.7. The van der Waals surface area contributed by atoms with E-state index in [-0.39, 0.29) is 18.2 Å². The Morgan fingerprint density at radius 2 is 2.17 bits per heavy atom. The van der Waals surface area contributed by atoms with Crippen LogP contribution in [0.5, 0.6) is 0 Å². The number of rotatable bonds is 5. The summed E-state index contributed by atoms with van der Waals surface area (Å²) in [5.41, 5.74) is 1.15. The Labute approximate surface area is 140 Å².